The molecule has 0 heterocycles. The van der Waals surface area contributed by atoms with E-state index in [9.17, 15) is 0 Å². The molecule has 1 atom stereocenters. The van der Waals surface area contributed by atoms with Crippen molar-refractivity contribution in [3.05, 3.63) is 6.92 Å². The summed E-state index contributed by atoms with van der Waals surface area (Å²) in [4.78, 5) is 0. The maximum atomic E-state index is 4.94. The molecule has 1 aliphatic rings. The smallest absolute Gasteiger partial charge is 0.0493 e. The second-order valence-corrected chi connectivity index (χ2v) is 2.55. The van der Waals surface area contributed by atoms with Crippen LogP contribution in [-0.4, -0.2) is 13.7 Å². The summed E-state index contributed by atoms with van der Waals surface area (Å²) in [6.07, 6.45) is 2.75. The van der Waals surface area contributed by atoms with E-state index in [0.29, 0.717) is 5.92 Å². The average Bonchev–Trinajstić information content (AvgIpc) is 2.45. The van der Waals surface area contributed by atoms with Gasteiger partial charge >= 0.3 is 0 Å². The van der Waals surface area contributed by atoms with Gasteiger partial charge in [-0.15, -0.1) is 0 Å². The highest BCUT2D eigenvalue weighted by Crippen LogP contribution is 2.36. The van der Waals surface area contributed by atoms with Crippen LogP contribution in [0.15, 0.2) is 0 Å². The Hall–Kier alpha value is -0.0400. The summed E-state index contributed by atoms with van der Waals surface area (Å²) in [7, 11) is 1.74. The fourth-order valence-electron chi connectivity index (χ4n) is 0.918. The van der Waals surface area contributed by atoms with Gasteiger partial charge in [-0.3, -0.25) is 0 Å². The van der Waals surface area contributed by atoms with Gasteiger partial charge in [0.1, 0.15) is 0 Å². The molecule has 1 heteroatoms. The highest BCUT2D eigenvalue weighted by atomic mass is 16.5. The quantitative estimate of drug-likeness (QED) is 0.539. The Labute approximate surface area is 51.0 Å². The minimum absolute atomic E-state index is 0.556. The molecule has 0 aromatic carbocycles. The molecule has 1 unspecified atom stereocenters. The van der Waals surface area contributed by atoms with Crippen LogP contribution in [0.5, 0.6) is 0 Å². The fourth-order valence-corrected chi connectivity index (χ4v) is 0.918. The lowest BCUT2D eigenvalue weighted by Gasteiger charge is -2.05. The molecule has 0 N–H and O–H groups in total. The zero-order valence-electron chi connectivity index (χ0n) is 5.39. The molecule has 1 fully saturated rings. The van der Waals surface area contributed by atoms with E-state index < -0.39 is 0 Å². The molecular formula is C7H13O. The predicted octanol–water partition coefficient (Wildman–Crippen LogP) is 1.49. The van der Waals surface area contributed by atoms with Crippen LogP contribution in [0.25, 0.3) is 0 Å². The SMILES string of the molecule is [CH2]C(COC)C1CC1. The molecule has 8 heavy (non-hydrogen) atoms. The van der Waals surface area contributed by atoms with E-state index in [-0.39, 0.29) is 0 Å². The maximum absolute atomic E-state index is 4.94. The third kappa shape index (κ3) is 1.48. The average molecular weight is 113 g/mol. The zero-order chi connectivity index (χ0) is 5.98. The van der Waals surface area contributed by atoms with Gasteiger partial charge in [0.2, 0.25) is 0 Å². The monoisotopic (exact) mass is 113 g/mol. The van der Waals surface area contributed by atoms with Crippen LogP contribution < -0.4 is 0 Å². The molecular weight excluding hydrogens is 100 g/mol. The zero-order valence-corrected chi connectivity index (χ0v) is 5.39. The summed E-state index contributed by atoms with van der Waals surface area (Å²) in [5, 5.41) is 0. The van der Waals surface area contributed by atoms with Gasteiger partial charge in [-0.05, 0) is 31.6 Å². The number of hydrogen-bond acceptors (Lipinski definition) is 1. The predicted molar refractivity (Wildman–Crippen MR) is 33.4 cm³/mol. The van der Waals surface area contributed by atoms with Crippen molar-refractivity contribution in [2.24, 2.45) is 11.8 Å². The summed E-state index contributed by atoms with van der Waals surface area (Å²) in [6, 6.07) is 0. The number of methoxy groups -OCH3 is 1. The van der Waals surface area contributed by atoms with E-state index in [0.717, 1.165) is 12.5 Å². The molecule has 0 aromatic rings. The van der Waals surface area contributed by atoms with E-state index >= 15 is 0 Å². The first-order valence-electron chi connectivity index (χ1n) is 3.16. The van der Waals surface area contributed by atoms with E-state index in [1.807, 2.05) is 0 Å². The van der Waals surface area contributed by atoms with Gasteiger partial charge in [0, 0.05) is 13.7 Å². The minimum atomic E-state index is 0.556. The van der Waals surface area contributed by atoms with E-state index in [1.54, 1.807) is 7.11 Å². The molecule has 1 radical (unpaired) electrons. The van der Waals surface area contributed by atoms with Gasteiger partial charge in [0.25, 0.3) is 0 Å². The summed E-state index contributed by atoms with van der Waals surface area (Å²) >= 11 is 0. The van der Waals surface area contributed by atoms with E-state index in [1.165, 1.54) is 12.8 Å². The standard InChI is InChI=1S/C7H13O/c1-6(5-8-2)7-3-4-7/h6-7H,1,3-5H2,2H3. The Kier molecular flexibility index (Phi) is 1.90. The topological polar surface area (TPSA) is 9.23 Å². The lowest BCUT2D eigenvalue weighted by molar-refractivity contribution is 0.160. The molecule has 1 nitrogen and oxygen atoms in total. The van der Waals surface area contributed by atoms with Crippen LogP contribution in [0.3, 0.4) is 0 Å². The number of rotatable bonds is 3. The lowest BCUT2D eigenvalue weighted by Crippen LogP contribution is -2.05. The molecule has 0 saturated heterocycles. The summed E-state index contributed by atoms with van der Waals surface area (Å²) in [6.45, 7) is 4.80. The van der Waals surface area contributed by atoms with Gasteiger partial charge in [-0.25, -0.2) is 0 Å². The van der Waals surface area contributed by atoms with Crippen molar-refractivity contribution < 1.29 is 4.74 Å². The van der Waals surface area contributed by atoms with Crippen LogP contribution in [0.2, 0.25) is 0 Å². The highest BCUT2D eigenvalue weighted by molar-refractivity contribution is 4.82. The molecule has 0 spiro atoms. The summed E-state index contributed by atoms with van der Waals surface area (Å²) in [5.41, 5.74) is 0. The molecule has 0 amide bonds. The molecule has 1 saturated carbocycles. The Balaban J connectivity index is 2.03. The Bertz CT molecular complexity index is 66.8. The first-order valence-corrected chi connectivity index (χ1v) is 3.16. The second kappa shape index (κ2) is 2.49. The van der Waals surface area contributed by atoms with Crippen LogP contribution in [0.1, 0.15) is 12.8 Å². The Morgan fingerprint density at radius 3 is 2.75 bits per heavy atom. The highest BCUT2D eigenvalue weighted by Gasteiger charge is 2.27. The van der Waals surface area contributed by atoms with Gasteiger partial charge < -0.3 is 4.74 Å². The van der Waals surface area contributed by atoms with Gasteiger partial charge in [0.15, 0.2) is 0 Å². The summed E-state index contributed by atoms with van der Waals surface area (Å²) in [5.74, 6) is 1.44. The van der Waals surface area contributed by atoms with Crippen LogP contribution in [-0.2, 0) is 4.74 Å². The number of hydrogen-bond donors (Lipinski definition) is 0. The van der Waals surface area contributed by atoms with Crippen molar-refractivity contribution in [3.8, 4) is 0 Å². The Morgan fingerprint density at radius 1 is 1.75 bits per heavy atom. The van der Waals surface area contributed by atoms with Crippen LogP contribution >= 0.6 is 0 Å². The third-order valence-corrected chi connectivity index (χ3v) is 1.67. The largest absolute Gasteiger partial charge is 0.384 e. The first-order chi connectivity index (χ1) is 3.84. The molecule has 47 valence electrons. The lowest BCUT2D eigenvalue weighted by atomic mass is 10.1. The van der Waals surface area contributed by atoms with Crippen LogP contribution in [0, 0.1) is 18.8 Å². The van der Waals surface area contributed by atoms with E-state index in [4.69, 9.17) is 4.74 Å². The number of ether oxygens (including phenoxy) is 1. The maximum Gasteiger partial charge on any atom is 0.0493 e. The van der Waals surface area contributed by atoms with Crippen molar-refractivity contribution in [1.29, 1.82) is 0 Å². The minimum Gasteiger partial charge on any atom is -0.384 e. The van der Waals surface area contributed by atoms with Crippen molar-refractivity contribution in [2.75, 3.05) is 13.7 Å². The molecule has 1 rings (SSSR count). The fraction of sp³-hybridized carbons (Fsp3) is 0.857. The van der Waals surface area contributed by atoms with Crippen molar-refractivity contribution in [2.45, 2.75) is 12.8 Å². The molecule has 1 aliphatic carbocycles. The van der Waals surface area contributed by atoms with Crippen molar-refractivity contribution >= 4 is 0 Å². The summed E-state index contributed by atoms with van der Waals surface area (Å²) < 4.78 is 4.94. The Morgan fingerprint density at radius 2 is 2.38 bits per heavy atom. The van der Waals surface area contributed by atoms with Gasteiger partial charge in [-0.1, -0.05) is 0 Å². The third-order valence-electron chi connectivity index (χ3n) is 1.67. The molecule has 0 aromatic heterocycles. The van der Waals surface area contributed by atoms with E-state index in [2.05, 4.69) is 6.92 Å². The van der Waals surface area contributed by atoms with Crippen molar-refractivity contribution in [1.82, 2.24) is 0 Å². The molecule has 0 bridgehead atoms. The normalized spacial score (nSPS) is 23.2. The van der Waals surface area contributed by atoms with Gasteiger partial charge in [0.05, 0.1) is 0 Å². The van der Waals surface area contributed by atoms with Gasteiger partial charge in [-0.2, -0.15) is 0 Å². The first kappa shape index (κ1) is 6.09. The van der Waals surface area contributed by atoms with Crippen molar-refractivity contribution in [3.63, 3.8) is 0 Å². The second-order valence-electron chi connectivity index (χ2n) is 2.55. The van der Waals surface area contributed by atoms with Crippen LogP contribution in [0.4, 0.5) is 0 Å². The molecule has 0 aliphatic heterocycles.